The second-order valence-electron chi connectivity index (χ2n) is 6.65. The van der Waals surface area contributed by atoms with Crippen molar-refractivity contribution in [2.75, 3.05) is 33.9 Å². The highest BCUT2D eigenvalue weighted by molar-refractivity contribution is 5.96. The first-order valence-corrected chi connectivity index (χ1v) is 8.95. The SMILES string of the molecule is COc1cccc(C2(CNC(=O)c3ccccc3OC)CCNCC2)c1. The van der Waals surface area contributed by atoms with E-state index < -0.39 is 0 Å². The number of hydrogen-bond donors (Lipinski definition) is 2. The van der Waals surface area contributed by atoms with E-state index in [1.54, 1.807) is 26.4 Å². The fourth-order valence-electron chi connectivity index (χ4n) is 3.60. The van der Waals surface area contributed by atoms with Crippen LogP contribution in [0.3, 0.4) is 0 Å². The number of hydrogen-bond acceptors (Lipinski definition) is 4. The summed E-state index contributed by atoms with van der Waals surface area (Å²) in [5.41, 5.74) is 1.67. The molecule has 0 radical (unpaired) electrons. The van der Waals surface area contributed by atoms with Crippen molar-refractivity contribution < 1.29 is 14.3 Å². The molecule has 1 aliphatic heterocycles. The van der Waals surface area contributed by atoms with Crippen molar-refractivity contribution in [3.63, 3.8) is 0 Å². The molecular formula is C21H26N2O3. The monoisotopic (exact) mass is 354 g/mol. The molecule has 0 unspecified atom stereocenters. The van der Waals surface area contributed by atoms with Crippen molar-refractivity contribution in [2.45, 2.75) is 18.3 Å². The van der Waals surface area contributed by atoms with Gasteiger partial charge in [-0.25, -0.2) is 0 Å². The van der Waals surface area contributed by atoms with E-state index in [-0.39, 0.29) is 11.3 Å². The summed E-state index contributed by atoms with van der Waals surface area (Å²) in [6.07, 6.45) is 1.93. The first-order chi connectivity index (χ1) is 12.7. The number of benzene rings is 2. The lowest BCUT2D eigenvalue weighted by Crippen LogP contribution is -2.47. The van der Waals surface area contributed by atoms with Crippen LogP contribution in [0.1, 0.15) is 28.8 Å². The van der Waals surface area contributed by atoms with Gasteiger partial charge in [-0.05, 0) is 55.8 Å². The number of piperidine rings is 1. The molecule has 1 saturated heterocycles. The Bertz CT molecular complexity index is 754. The van der Waals surface area contributed by atoms with Crippen LogP contribution in [-0.2, 0) is 5.41 Å². The highest BCUT2D eigenvalue weighted by Gasteiger charge is 2.34. The van der Waals surface area contributed by atoms with Gasteiger partial charge in [-0.15, -0.1) is 0 Å². The Labute approximate surface area is 154 Å². The summed E-state index contributed by atoms with van der Waals surface area (Å²) in [7, 11) is 3.26. The quantitative estimate of drug-likeness (QED) is 0.837. The first-order valence-electron chi connectivity index (χ1n) is 8.95. The Balaban J connectivity index is 1.81. The zero-order valence-electron chi connectivity index (χ0n) is 15.4. The summed E-state index contributed by atoms with van der Waals surface area (Å²) >= 11 is 0. The van der Waals surface area contributed by atoms with Gasteiger partial charge in [-0.3, -0.25) is 4.79 Å². The van der Waals surface area contributed by atoms with Crippen LogP contribution in [0, 0.1) is 0 Å². The van der Waals surface area contributed by atoms with Gasteiger partial charge < -0.3 is 20.1 Å². The van der Waals surface area contributed by atoms with Crippen LogP contribution in [-0.4, -0.2) is 39.8 Å². The minimum atomic E-state index is -0.108. The summed E-state index contributed by atoms with van der Waals surface area (Å²) in [5.74, 6) is 1.32. The van der Waals surface area contributed by atoms with E-state index in [1.807, 2.05) is 24.3 Å². The zero-order valence-corrected chi connectivity index (χ0v) is 15.4. The minimum absolute atomic E-state index is 0.0997. The van der Waals surface area contributed by atoms with E-state index in [2.05, 4.69) is 22.8 Å². The first kappa shape index (κ1) is 18.3. The van der Waals surface area contributed by atoms with Crippen molar-refractivity contribution in [3.05, 3.63) is 59.7 Å². The maximum absolute atomic E-state index is 12.7. The lowest BCUT2D eigenvalue weighted by Gasteiger charge is -2.38. The average Bonchev–Trinajstić information content (AvgIpc) is 2.72. The third kappa shape index (κ3) is 3.83. The highest BCUT2D eigenvalue weighted by Crippen LogP contribution is 2.34. The second-order valence-corrected chi connectivity index (χ2v) is 6.65. The Morgan fingerprint density at radius 2 is 1.85 bits per heavy atom. The lowest BCUT2D eigenvalue weighted by molar-refractivity contribution is 0.0934. The van der Waals surface area contributed by atoms with Gasteiger partial charge in [0.2, 0.25) is 0 Å². The Hall–Kier alpha value is -2.53. The summed E-state index contributed by atoms with van der Waals surface area (Å²) in [6, 6.07) is 15.5. The van der Waals surface area contributed by atoms with Gasteiger partial charge in [0.05, 0.1) is 19.8 Å². The second kappa shape index (κ2) is 8.23. The van der Waals surface area contributed by atoms with Crippen LogP contribution >= 0.6 is 0 Å². The van der Waals surface area contributed by atoms with Crippen LogP contribution in [0.5, 0.6) is 11.5 Å². The molecule has 0 aromatic heterocycles. The molecule has 0 atom stereocenters. The number of methoxy groups -OCH3 is 2. The topological polar surface area (TPSA) is 59.6 Å². The van der Waals surface area contributed by atoms with Crippen LogP contribution < -0.4 is 20.1 Å². The number of ether oxygens (including phenoxy) is 2. The molecule has 0 bridgehead atoms. The largest absolute Gasteiger partial charge is 0.497 e. The van der Waals surface area contributed by atoms with Crippen molar-refractivity contribution in [1.29, 1.82) is 0 Å². The number of carbonyl (C=O) groups is 1. The van der Waals surface area contributed by atoms with E-state index in [0.29, 0.717) is 17.9 Å². The maximum atomic E-state index is 12.7. The number of carbonyl (C=O) groups excluding carboxylic acids is 1. The van der Waals surface area contributed by atoms with Crippen LogP contribution in [0.25, 0.3) is 0 Å². The van der Waals surface area contributed by atoms with Gasteiger partial charge in [-0.1, -0.05) is 24.3 Å². The van der Waals surface area contributed by atoms with Gasteiger partial charge in [0.25, 0.3) is 5.91 Å². The summed E-state index contributed by atoms with van der Waals surface area (Å²) < 4.78 is 10.7. The molecule has 1 fully saturated rings. The molecular weight excluding hydrogens is 328 g/mol. The number of nitrogens with one attached hydrogen (secondary N) is 2. The molecule has 1 amide bonds. The van der Waals surface area contributed by atoms with E-state index in [4.69, 9.17) is 9.47 Å². The third-order valence-corrected chi connectivity index (χ3v) is 5.18. The van der Waals surface area contributed by atoms with Crippen molar-refractivity contribution in [1.82, 2.24) is 10.6 Å². The summed E-state index contributed by atoms with van der Waals surface area (Å²) in [5, 5.41) is 6.54. The van der Waals surface area contributed by atoms with E-state index in [9.17, 15) is 4.79 Å². The predicted molar refractivity (Wildman–Crippen MR) is 102 cm³/mol. The molecule has 138 valence electrons. The molecule has 0 aliphatic carbocycles. The van der Waals surface area contributed by atoms with Crippen molar-refractivity contribution in [2.24, 2.45) is 0 Å². The van der Waals surface area contributed by atoms with Crippen molar-refractivity contribution >= 4 is 5.91 Å². The molecule has 0 saturated carbocycles. The van der Waals surface area contributed by atoms with Gasteiger partial charge in [0.15, 0.2) is 0 Å². The summed E-state index contributed by atoms with van der Waals surface area (Å²) in [6.45, 7) is 2.45. The predicted octanol–water partition coefficient (Wildman–Crippen LogP) is 2.76. The molecule has 1 aliphatic rings. The number of rotatable bonds is 6. The minimum Gasteiger partial charge on any atom is -0.497 e. The van der Waals surface area contributed by atoms with Crippen LogP contribution in [0.2, 0.25) is 0 Å². The molecule has 5 heteroatoms. The van der Waals surface area contributed by atoms with E-state index >= 15 is 0 Å². The van der Waals surface area contributed by atoms with Gasteiger partial charge >= 0.3 is 0 Å². The molecule has 2 aromatic rings. The normalized spacial score (nSPS) is 15.9. The molecule has 26 heavy (non-hydrogen) atoms. The van der Waals surface area contributed by atoms with Gasteiger partial charge in [0, 0.05) is 12.0 Å². The molecule has 1 heterocycles. The number of amides is 1. The third-order valence-electron chi connectivity index (χ3n) is 5.18. The van der Waals surface area contributed by atoms with Crippen LogP contribution in [0.4, 0.5) is 0 Å². The fraction of sp³-hybridized carbons (Fsp3) is 0.381. The summed E-state index contributed by atoms with van der Waals surface area (Å²) in [4.78, 5) is 12.7. The Morgan fingerprint density at radius 3 is 2.58 bits per heavy atom. The zero-order chi connectivity index (χ0) is 18.4. The molecule has 2 N–H and O–H groups in total. The standard InChI is InChI=1S/C21H26N2O3/c1-25-17-7-5-6-16(14-17)21(10-12-22-13-11-21)15-23-20(24)18-8-3-4-9-19(18)26-2/h3-9,14,22H,10-13,15H2,1-2H3,(H,23,24). The Morgan fingerprint density at radius 1 is 1.08 bits per heavy atom. The fourth-order valence-corrected chi connectivity index (χ4v) is 3.60. The molecule has 5 nitrogen and oxygen atoms in total. The van der Waals surface area contributed by atoms with Gasteiger partial charge in [0.1, 0.15) is 11.5 Å². The highest BCUT2D eigenvalue weighted by atomic mass is 16.5. The smallest absolute Gasteiger partial charge is 0.255 e. The molecule has 0 spiro atoms. The molecule has 3 rings (SSSR count). The Kier molecular flexibility index (Phi) is 5.78. The lowest BCUT2D eigenvalue weighted by atomic mass is 9.73. The molecule has 2 aromatic carbocycles. The maximum Gasteiger partial charge on any atom is 0.255 e. The van der Waals surface area contributed by atoms with E-state index in [1.165, 1.54) is 5.56 Å². The van der Waals surface area contributed by atoms with E-state index in [0.717, 1.165) is 31.7 Å². The van der Waals surface area contributed by atoms with Crippen molar-refractivity contribution in [3.8, 4) is 11.5 Å². The number of para-hydroxylation sites is 1. The van der Waals surface area contributed by atoms with Gasteiger partial charge in [-0.2, -0.15) is 0 Å². The van der Waals surface area contributed by atoms with Crippen LogP contribution in [0.15, 0.2) is 48.5 Å². The average molecular weight is 354 g/mol.